The van der Waals surface area contributed by atoms with Crippen molar-refractivity contribution in [1.82, 2.24) is 0 Å². The zero-order valence-corrected chi connectivity index (χ0v) is 25.5. The molecule has 0 aliphatic carbocycles. The highest BCUT2D eigenvalue weighted by Crippen LogP contribution is 2.41. The molecular weight excluding hydrogens is 552 g/mol. The first-order valence-corrected chi connectivity index (χ1v) is 15.6. The maximum absolute atomic E-state index is 6.90. The molecule has 0 fully saturated rings. The van der Waals surface area contributed by atoms with Gasteiger partial charge in [0.05, 0.1) is 26.4 Å². The average Bonchev–Trinajstić information content (AvgIpc) is 3.10. The van der Waals surface area contributed by atoms with Crippen molar-refractivity contribution in [2.75, 3.05) is 13.2 Å². The molecule has 0 spiro atoms. The van der Waals surface area contributed by atoms with Crippen LogP contribution >= 0.6 is 0 Å². The van der Waals surface area contributed by atoms with Crippen molar-refractivity contribution in [2.24, 2.45) is 0 Å². The second kappa shape index (κ2) is 15.7. The van der Waals surface area contributed by atoms with Gasteiger partial charge >= 0.3 is 0 Å². The summed E-state index contributed by atoms with van der Waals surface area (Å²) in [5, 5.41) is 0. The van der Waals surface area contributed by atoms with E-state index in [1.165, 1.54) is 22.3 Å². The van der Waals surface area contributed by atoms with Crippen LogP contribution in [0.5, 0.6) is 11.5 Å². The normalized spacial score (nSPS) is 10.9. The third-order valence-electron chi connectivity index (χ3n) is 7.82. The average molecular weight is 591 g/mol. The van der Waals surface area contributed by atoms with Crippen LogP contribution in [-0.4, -0.2) is 13.2 Å². The molecule has 45 heavy (non-hydrogen) atoms. The highest BCUT2D eigenvalue weighted by Gasteiger charge is 2.17. The van der Waals surface area contributed by atoms with Crippen molar-refractivity contribution < 1.29 is 14.2 Å². The summed E-state index contributed by atoms with van der Waals surface area (Å²) >= 11 is 0. The highest BCUT2D eigenvalue weighted by molar-refractivity contribution is 5.78. The fourth-order valence-electron chi connectivity index (χ4n) is 5.62. The van der Waals surface area contributed by atoms with Gasteiger partial charge in [-0.1, -0.05) is 146 Å². The highest BCUT2D eigenvalue weighted by atomic mass is 16.5. The maximum atomic E-state index is 6.90. The van der Waals surface area contributed by atoms with E-state index in [-0.39, 0.29) is 0 Å². The molecule has 0 radical (unpaired) electrons. The van der Waals surface area contributed by atoms with Gasteiger partial charge in [0.25, 0.3) is 0 Å². The molecular formula is C42H38O3. The second-order valence-electron chi connectivity index (χ2n) is 11.0. The first-order chi connectivity index (χ1) is 22.3. The van der Waals surface area contributed by atoms with E-state index in [9.17, 15) is 0 Å². The minimum absolute atomic E-state index is 0.597. The molecule has 0 saturated heterocycles. The third-order valence-corrected chi connectivity index (χ3v) is 7.82. The number of ether oxygens (including phenoxy) is 3. The van der Waals surface area contributed by atoms with Gasteiger partial charge in [0.2, 0.25) is 0 Å². The molecule has 0 atom stereocenters. The van der Waals surface area contributed by atoms with Crippen LogP contribution in [0.4, 0.5) is 0 Å². The lowest BCUT2D eigenvalue weighted by molar-refractivity contribution is 0.124. The van der Waals surface area contributed by atoms with Crippen LogP contribution in [0, 0.1) is 0 Å². The fourth-order valence-corrected chi connectivity index (χ4v) is 5.62. The van der Waals surface area contributed by atoms with Crippen LogP contribution in [0.15, 0.2) is 158 Å². The second-order valence-corrected chi connectivity index (χ2v) is 11.0. The minimum atomic E-state index is 0.597. The first-order valence-electron chi connectivity index (χ1n) is 15.6. The number of benzene rings is 6. The van der Waals surface area contributed by atoms with Gasteiger partial charge in [-0.15, -0.1) is 0 Å². The first kappa shape index (κ1) is 30.1. The summed E-state index contributed by atoms with van der Waals surface area (Å²) in [5.41, 5.74) is 9.18. The van der Waals surface area contributed by atoms with Crippen molar-refractivity contribution in [2.45, 2.75) is 26.1 Å². The topological polar surface area (TPSA) is 27.7 Å². The monoisotopic (exact) mass is 590 g/mol. The van der Waals surface area contributed by atoms with Gasteiger partial charge in [-0.2, -0.15) is 0 Å². The quantitative estimate of drug-likeness (QED) is 0.118. The van der Waals surface area contributed by atoms with Gasteiger partial charge in [0.15, 0.2) is 0 Å². The summed E-state index contributed by atoms with van der Waals surface area (Å²) in [6, 6.07) is 54.3. The van der Waals surface area contributed by atoms with Crippen molar-refractivity contribution in [3.8, 4) is 33.8 Å². The smallest absolute Gasteiger partial charge is 0.135 e. The van der Waals surface area contributed by atoms with Crippen LogP contribution < -0.4 is 4.74 Å². The molecule has 0 aliphatic heterocycles. The Morgan fingerprint density at radius 1 is 0.356 bits per heavy atom. The molecule has 0 bridgehead atoms. The van der Waals surface area contributed by atoms with E-state index >= 15 is 0 Å². The standard InChI is InChI=1S/C42H38O3/c1-5-15-33(16-6-1)31-43-29-27-37-23-13-25-39(41(37)35-19-9-3-10-20-35)45-40-26-14-24-38(42(40)36-21-11-4-12-22-36)28-30-44-32-34-17-7-2-8-18-34/h1-26H,27-32H2. The van der Waals surface area contributed by atoms with E-state index in [1.807, 2.05) is 48.5 Å². The lowest BCUT2D eigenvalue weighted by Gasteiger charge is -2.20. The zero-order chi connectivity index (χ0) is 30.5. The molecule has 6 rings (SSSR count). The van der Waals surface area contributed by atoms with Crippen LogP contribution in [0.1, 0.15) is 22.3 Å². The van der Waals surface area contributed by atoms with Gasteiger partial charge < -0.3 is 14.2 Å². The van der Waals surface area contributed by atoms with Gasteiger partial charge in [-0.25, -0.2) is 0 Å². The number of hydrogen-bond acceptors (Lipinski definition) is 3. The Morgan fingerprint density at radius 3 is 1.13 bits per heavy atom. The summed E-state index contributed by atoms with van der Waals surface area (Å²) in [6.45, 7) is 2.43. The molecule has 0 aliphatic rings. The summed E-state index contributed by atoms with van der Waals surface area (Å²) < 4.78 is 19.1. The molecule has 224 valence electrons. The van der Waals surface area contributed by atoms with E-state index in [1.54, 1.807) is 0 Å². The molecule has 6 aromatic rings. The van der Waals surface area contributed by atoms with Gasteiger partial charge in [0, 0.05) is 11.1 Å². The molecule has 0 aromatic heterocycles. The van der Waals surface area contributed by atoms with Crippen LogP contribution in [0.25, 0.3) is 22.3 Å². The Balaban J connectivity index is 1.27. The largest absolute Gasteiger partial charge is 0.456 e. The van der Waals surface area contributed by atoms with E-state index in [2.05, 4.69) is 109 Å². The van der Waals surface area contributed by atoms with Gasteiger partial charge in [-0.05, 0) is 58.4 Å². The molecule has 3 nitrogen and oxygen atoms in total. The molecule has 6 aromatic carbocycles. The molecule has 0 N–H and O–H groups in total. The molecule has 0 unspecified atom stereocenters. The third kappa shape index (κ3) is 8.16. The Bertz CT molecular complexity index is 1620. The van der Waals surface area contributed by atoms with Crippen LogP contribution in [-0.2, 0) is 35.5 Å². The molecule has 0 heterocycles. The van der Waals surface area contributed by atoms with E-state index in [4.69, 9.17) is 14.2 Å². The van der Waals surface area contributed by atoms with E-state index in [0.717, 1.165) is 46.6 Å². The number of hydrogen-bond donors (Lipinski definition) is 0. The van der Waals surface area contributed by atoms with Crippen molar-refractivity contribution in [3.05, 3.63) is 180 Å². The predicted octanol–water partition coefficient (Wildman–Crippen LogP) is 10.3. The van der Waals surface area contributed by atoms with Crippen LogP contribution in [0.3, 0.4) is 0 Å². The Kier molecular flexibility index (Phi) is 10.5. The predicted molar refractivity (Wildman–Crippen MR) is 183 cm³/mol. The maximum Gasteiger partial charge on any atom is 0.135 e. The van der Waals surface area contributed by atoms with E-state index < -0.39 is 0 Å². The van der Waals surface area contributed by atoms with Crippen molar-refractivity contribution in [1.29, 1.82) is 0 Å². The summed E-state index contributed by atoms with van der Waals surface area (Å²) in [4.78, 5) is 0. The zero-order valence-electron chi connectivity index (χ0n) is 25.5. The van der Waals surface area contributed by atoms with E-state index in [0.29, 0.717) is 26.4 Å². The minimum Gasteiger partial charge on any atom is -0.456 e. The molecule has 0 amide bonds. The lowest BCUT2D eigenvalue weighted by Crippen LogP contribution is -2.03. The Morgan fingerprint density at radius 2 is 0.733 bits per heavy atom. The van der Waals surface area contributed by atoms with Crippen molar-refractivity contribution >= 4 is 0 Å². The SMILES string of the molecule is c1ccc(COCCc2cccc(Oc3cccc(CCOCc4ccccc4)c3-c3ccccc3)c2-c2ccccc2)cc1. The van der Waals surface area contributed by atoms with Crippen molar-refractivity contribution in [3.63, 3.8) is 0 Å². The Hall–Kier alpha value is -4.96. The molecule has 3 heteroatoms. The van der Waals surface area contributed by atoms with Crippen LogP contribution in [0.2, 0.25) is 0 Å². The fraction of sp³-hybridized carbons (Fsp3) is 0.143. The summed E-state index contributed by atoms with van der Waals surface area (Å²) in [5.74, 6) is 1.66. The van der Waals surface area contributed by atoms with Gasteiger partial charge in [0.1, 0.15) is 11.5 Å². The summed E-state index contributed by atoms with van der Waals surface area (Å²) in [6.07, 6.45) is 1.55. The number of rotatable bonds is 14. The lowest BCUT2D eigenvalue weighted by atomic mass is 9.95. The van der Waals surface area contributed by atoms with Gasteiger partial charge in [-0.3, -0.25) is 0 Å². The Labute approximate surface area is 266 Å². The molecule has 0 saturated carbocycles. The summed E-state index contributed by atoms with van der Waals surface area (Å²) in [7, 11) is 0.